The van der Waals surface area contributed by atoms with Gasteiger partial charge in [-0.1, -0.05) is 22.0 Å². The first-order valence-corrected chi connectivity index (χ1v) is 7.38. The van der Waals surface area contributed by atoms with Crippen LogP contribution in [0.15, 0.2) is 28.7 Å². The number of carbonyl (C=O) groups excluding carboxylic acids is 2. The standard InChI is InChI=1S/C15H21BrN2O2/c1-5-18(10-13(19)17-15(2,3)4)14(20)11-7-6-8-12(16)9-11/h6-9H,5,10H2,1-4H3,(H,17,19). The Hall–Kier alpha value is -1.36. The maximum atomic E-state index is 12.4. The largest absolute Gasteiger partial charge is 0.350 e. The fourth-order valence-corrected chi connectivity index (χ4v) is 2.16. The Morgan fingerprint density at radius 3 is 2.45 bits per heavy atom. The molecule has 1 aromatic rings. The summed E-state index contributed by atoms with van der Waals surface area (Å²) in [6.45, 7) is 8.16. The zero-order valence-electron chi connectivity index (χ0n) is 12.4. The molecule has 1 rings (SSSR count). The van der Waals surface area contributed by atoms with Crippen LogP contribution >= 0.6 is 15.9 Å². The van der Waals surface area contributed by atoms with Gasteiger partial charge in [0, 0.05) is 22.1 Å². The molecule has 110 valence electrons. The van der Waals surface area contributed by atoms with E-state index in [9.17, 15) is 9.59 Å². The molecule has 0 aliphatic rings. The molecule has 0 spiro atoms. The molecule has 1 aromatic carbocycles. The fourth-order valence-electron chi connectivity index (χ4n) is 1.76. The molecule has 0 aliphatic carbocycles. The highest BCUT2D eigenvalue weighted by atomic mass is 79.9. The predicted molar refractivity (Wildman–Crippen MR) is 83.6 cm³/mol. The Morgan fingerprint density at radius 1 is 1.30 bits per heavy atom. The van der Waals surface area contributed by atoms with Gasteiger partial charge in [0.05, 0.1) is 6.54 Å². The maximum Gasteiger partial charge on any atom is 0.254 e. The summed E-state index contributed by atoms with van der Waals surface area (Å²) in [7, 11) is 0. The van der Waals surface area contributed by atoms with Gasteiger partial charge in [-0.05, 0) is 45.9 Å². The Kier molecular flexibility index (Phi) is 5.74. The summed E-state index contributed by atoms with van der Waals surface area (Å²) in [5.41, 5.74) is 0.278. The van der Waals surface area contributed by atoms with Crippen LogP contribution in [-0.4, -0.2) is 35.3 Å². The lowest BCUT2D eigenvalue weighted by molar-refractivity contribution is -0.123. The first-order valence-electron chi connectivity index (χ1n) is 6.59. The second-order valence-electron chi connectivity index (χ2n) is 5.63. The van der Waals surface area contributed by atoms with Crippen molar-refractivity contribution in [1.82, 2.24) is 10.2 Å². The summed E-state index contributed by atoms with van der Waals surface area (Å²) in [5.74, 6) is -0.291. The number of nitrogens with one attached hydrogen (secondary N) is 1. The van der Waals surface area contributed by atoms with Crippen LogP contribution < -0.4 is 5.32 Å². The predicted octanol–water partition coefficient (Wildman–Crippen LogP) is 2.83. The van der Waals surface area contributed by atoms with Crippen LogP contribution in [0, 0.1) is 0 Å². The van der Waals surface area contributed by atoms with Crippen molar-refractivity contribution < 1.29 is 9.59 Å². The molecule has 5 heteroatoms. The summed E-state index contributed by atoms with van der Waals surface area (Å²) < 4.78 is 0.846. The fraction of sp³-hybridized carbons (Fsp3) is 0.467. The van der Waals surface area contributed by atoms with E-state index in [-0.39, 0.29) is 23.9 Å². The van der Waals surface area contributed by atoms with E-state index in [1.165, 1.54) is 4.90 Å². The van der Waals surface area contributed by atoms with Crippen molar-refractivity contribution in [3.05, 3.63) is 34.3 Å². The molecule has 0 atom stereocenters. The van der Waals surface area contributed by atoms with Crippen LogP contribution in [0.3, 0.4) is 0 Å². The molecule has 0 fully saturated rings. The van der Waals surface area contributed by atoms with Crippen molar-refractivity contribution in [1.29, 1.82) is 0 Å². The summed E-state index contributed by atoms with van der Waals surface area (Å²) in [5, 5.41) is 2.86. The monoisotopic (exact) mass is 340 g/mol. The normalized spacial score (nSPS) is 11.1. The van der Waals surface area contributed by atoms with Gasteiger partial charge in [0.25, 0.3) is 5.91 Å². The minimum atomic E-state index is -0.296. The second kappa shape index (κ2) is 6.88. The van der Waals surface area contributed by atoms with Crippen LogP contribution in [-0.2, 0) is 4.79 Å². The van der Waals surface area contributed by atoms with E-state index in [0.717, 1.165) is 4.47 Å². The highest BCUT2D eigenvalue weighted by Crippen LogP contribution is 2.13. The smallest absolute Gasteiger partial charge is 0.254 e. The third kappa shape index (κ3) is 5.33. The average Bonchev–Trinajstić information content (AvgIpc) is 2.33. The van der Waals surface area contributed by atoms with Crippen LogP contribution in [0.5, 0.6) is 0 Å². The van der Waals surface area contributed by atoms with Crippen molar-refractivity contribution in [2.45, 2.75) is 33.2 Å². The number of carbonyl (C=O) groups is 2. The number of halogens is 1. The van der Waals surface area contributed by atoms with E-state index >= 15 is 0 Å². The first kappa shape index (κ1) is 16.7. The highest BCUT2D eigenvalue weighted by molar-refractivity contribution is 9.10. The second-order valence-corrected chi connectivity index (χ2v) is 6.54. The summed E-state index contributed by atoms with van der Waals surface area (Å²) in [6, 6.07) is 7.17. The zero-order chi connectivity index (χ0) is 15.3. The van der Waals surface area contributed by atoms with E-state index in [2.05, 4.69) is 21.2 Å². The van der Waals surface area contributed by atoms with Gasteiger partial charge in [0.15, 0.2) is 0 Å². The zero-order valence-corrected chi connectivity index (χ0v) is 14.0. The van der Waals surface area contributed by atoms with Gasteiger partial charge in [-0.3, -0.25) is 9.59 Å². The number of likely N-dealkylation sites (N-methyl/N-ethyl adjacent to an activating group) is 1. The third-order valence-corrected chi connectivity index (χ3v) is 3.08. The van der Waals surface area contributed by atoms with Crippen molar-refractivity contribution in [2.75, 3.05) is 13.1 Å². The highest BCUT2D eigenvalue weighted by Gasteiger charge is 2.20. The van der Waals surface area contributed by atoms with Gasteiger partial charge in [-0.25, -0.2) is 0 Å². The van der Waals surface area contributed by atoms with Gasteiger partial charge in [-0.2, -0.15) is 0 Å². The molecule has 4 nitrogen and oxygen atoms in total. The first-order chi connectivity index (χ1) is 9.23. The molecule has 0 saturated heterocycles. The van der Waals surface area contributed by atoms with Gasteiger partial charge >= 0.3 is 0 Å². The lowest BCUT2D eigenvalue weighted by atomic mass is 10.1. The maximum absolute atomic E-state index is 12.4. The molecular weight excluding hydrogens is 320 g/mol. The van der Waals surface area contributed by atoms with E-state index < -0.39 is 0 Å². The summed E-state index contributed by atoms with van der Waals surface area (Å²) in [4.78, 5) is 25.8. The minimum Gasteiger partial charge on any atom is -0.350 e. The Labute approximate surface area is 128 Å². The SMILES string of the molecule is CCN(CC(=O)NC(C)(C)C)C(=O)c1cccc(Br)c1. The van der Waals surface area contributed by atoms with Crippen LogP contribution in [0.2, 0.25) is 0 Å². The molecule has 0 unspecified atom stereocenters. The third-order valence-electron chi connectivity index (χ3n) is 2.59. The van der Waals surface area contributed by atoms with E-state index in [1.54, 1.807) is 18.2 Å². The molecule has 0 aromatic heterocycles. The van der Waals surface area contributed by atoms with Crippen molar-refractivity contribution in [2.24, 2.45) is 0 Å². The molecular formula is C15H21BrN2O2. The van der Waals surface area contributed by atoms with Crippen LogP contribution in [0.25, 0.3) is 0 Å². The summed E-state index contributed by atoms with van der Waals surface area (Å²) >= 11 is 3.34. The minimum absolute atomic E-state index is 0.0686. The molecule has 0 aliphatic heterocycles. The molecule has 1 N–H and O–H groups in total. The van der Waals surface area contributed by atoms with Crippen LogP contribution in [0.1, 0.15) is 38.1 Å². The lowest BCUT2D eigenvalue weighted by Gasteiger charge is -2.25. The number of nitrogens with zero attached hydrogens (tertiary/aromatic N) is 1. The van der Waals surface area contributed by atoms with Crippen molar-refractivity contribution in [3.8, 4) is 0 Å². The van der Waals surface area contributed by atoms with Crippen molar-refractivity contribution >= 4 is 27.7 Å². The van der Waals surface area contributed by atoms with E-state index in [1.807, 2.05) is 33.8 Å². The quantitative estimate of drug-likeness (QED) is 0.916. The number of amides is 2. The topological polar surface area (TPSA) is 49.4 Å². The average molecular weight is 341 g/mol. The molecule has 2 amide bonds. The van der Waals surface area contributed by atoms with Crippen molar-refractivity contribution in [3.63, 3.8) is 0 Å². The number of hydrogen-bond donors (Lipinski definition) is 1. The molecule has 0 radical (unpaired) electrons. The molecule has 20 heavy (non-hydrogen) atoms. The van der Waals surface area contributed by atoms with E-state index in [4.69, 9.17) is 0 Å². The van der Waals surface area contributed by atoms with E-state index in [0.29, 0.717) is 12.1 Å². The van der Waals surface area contributed by atoms with Gasteiger partial charge < -0.3 is 10.2 Å². The van der Waals surface area contributed by atoms with Gasteiger partial charge in [0.1, 0.15) is 0 Å². The Bertz CT molecular complexity index is 495. The number of benzene rings is 1. The van der Waals surface area contributed by atoms with Gasteiger partial charge in [-0.15, -0.1) is 0 Å². The molecule has 0 saturated carbocycles. The molecule has 0 bridgehead atoms. The Balaban J connectivity index is 2.76. The van der Waals surface area contributed by atoms with Crippen LogP contribution in [0.4, 0.5) is 0 Å². The summed E-state index contributed by atoms with van der Waals surface area (Å²) in [6.07, 6.45) is 0. The number of rotatable bonds is 4. The Morgan fingerprint density at radius 2 is 1.95 bits per heavy atom. The van der Waals surface area contributed by atoms with Gasteiger partial charge in [0.2, 0.25) is 5.91 Å². The lowest BCUT2D eigenvalue weighted by Crippen LogP contribution is -2.47. The number of hydrogen-bond acceptors (Lipinski definition) is 2. The molecule has 0 heterocycles.